The number of aromatic amines is 1. The van der Waals surface area contributed by atoms with E-state index in [2.05, 4.69) is 59.1 Å². The lowest BCUT2D eigenvalue weighted by Crippen LogP contribution is -2.38. The van der Waals surface area contributed by atoms with Gasteiger partial charge in [0.15, 0.2) is 5.96 Å². The summed E-state index contributed by atoms with van der Waals surface area (Å²) in [6, 6.07) is 16.4. The molecule has 0 bridgehead atoms. The molecule has 0 saturated carbocycles. The number of rotatable bonds is 10. The van der Waals surface area contributed by atoms with Crippen molar-refractivity contribution in [2.75, 3.05) is 33.4 Å². The van der Waals surface area contributed by atoms with E-state index in [9.17, 15) is 0 Å². The van der Waals surface area contributed by atoms with Gasteiger partial charge in [-0.1, -0.05) is 30.3 Å². The van der Waals surface area contributed by atoms with Crippen LogP contribution in [0, 0.1) is 0 Å². The molecule has 6 nitrogen and oxygen atoms in total. The highest BCUT2D eigenvalue weighted by Gasteiger charge is 2.04. The molecule has 7 heteroatoms. The topological polar surface area (TPSA) is 70.7 Å². The molecule has 1 aromatic heterocycles. The molecule has 0 saturated heterocycles. The van der Waals surface area contributed by atoms with Gasteiger partial charge < -0.3 is 25.1 Å². The summed E-state index contributed by atoms with van der Waals surface area (Å²) < 4.78 is 10.7. The highest BCUT2D eigenvalue weighted by molar-refractivity contribution is 14.0. The first-order valence-corrected chi connectivity index (χ1v) is 10.1. The van der Waals surface area contributed by atoms with Crippen molar-refractivity contribution in [3.05, 3.63) is 65.9 Å². The van der Waals surface area contributed by atoms with Gasteiger partial charge in [0.2, 0.25) is 0 Å². The molecule has 0 fully saturated rings. The Bertz CT molecular complexity index is 926. The molecule has 0 radical (unpaired) electrons. The third kappa shape index (κ3) is 7.21. The van der Waals surface area contributed by atoms with Crippen molar-refractivity contribution < 1.29 is 9.47 Å². The number of nitrogens with zero attached hydrogens (tertiary/aromatic N) is 1. The maximum absolute atomic E-state index is 5.68. The quantitative estimate of drug-likeness (QED) is 0.162. The van der Waals surface area contributed by atoms with Crippen LogP contribution >= 0.6 is 24.0 Å². The lowest BCUT2D eigenvalue weighted by Gasteiger charge is -2.11. The van der Waals surface area contributed by atoms with Crippen molar-refractivity contribution in [1.82, 2.24) is 15.6 Å². The number of fused-ring (bicyclic) bond motifs is 1. The molecule has 3 N–H and O–H groups in total. The zero-order chi connectivity index (χ0) is 20.3. The number of benzene rings is 2. The maximum atomic E-state index is 5.68. The van der Waals surface area contributed by atoms with Crippen LogP contribution in [-0.4, -0.2) is 44.4 Å². The van der Waals surface area contributed by atoms with Gasteiger partial charge >= 0.3 is 0 Å². The van der Waals surface area contributed by atoms with Gasteiger partial charge in [0.1, 0.15) is 12.4 Å². The average molecular weight is 522 g/mol. The number of halogens is 1. The average Bonchev–Trinajstić information content (AvgIpc) is 3.16. The zero-order valence-corrected chi connectivity index (χ0v) is 19.9. The number of methoxy groups -OCH3 is 1. The summed E-state index contributed by atoms with van der Waals surface area (Å²) in [7, 11) is 1.67. The summed E-state index contributed by atoms with van der Waals surface area (Å²) in [5, 5.41) is 8.02. The van der Waals surface area contributed by atoms with E-state index in [0.717, 1.165) is 36.8 Å². The lowest BCUT2D eigenvalue weighted by molar-refractivity contribution is 0.146. The van der Waals surface area contributed by atoms with Crippen LogP contribution in [0.25, 0.3) is 10.9 Å². The summed E-state index contributed by atoms with van der Waals surface area (Å²) in [4.78, 5) is 8.04. The summed E-state index contributed by atoms with van der Waals surface area (Å²) in [6.07, 6.45) is 3.02. The van der Waals surface area contributed by atoms with Crippen molar-refractivity contribution in [2.45, 2.75) is 19.9 Å². The van der Waals surface area contributed by atoms with Gasteiger partial charge in [-0.05, 0) is 42.7 Å². The number of guanidine groups is 1. The van der Waals surface area contributed by atoms with Crippen molar-refractivity contribution in [3.8, 4) is 5.75 Å². The number of aromatic nitrogens is 1. The van der Waals surface area contributed by atoms with Crippen LogP contribution in [0.2, 0.25) is 0 Å². The summed E-state index contributed by atoms with van der Waals surface area (Å²) in [5.41, 5.74) is 3.59. The minimum absolute atomic E-state index is 0. The smallest absolute Gasteiger partial charge is 0.191 e. The molecule has 0 aliphatic rings. The van der Waals surface area contributed by atoms with Crippen LogP contribution in [0.3, 0.4) is 0 Å². The molecule has 162 valence electrons. The summed E-state index contributed by atoms with van der Waals surface area (Å²) >= 11 is 0. The number of nitrogens with one attached hydrogen (secondary N) is 3. The van der Waals surface area contributed by atoms with Crippen molar-refractivity contribution in [1.29, 1.82) is 0 Å². The first-order chi connectivity index (χ1) is 14.3. The molecule has 1 heterocycles. The highest BCUT2D eigenvalue weighted by atomic mass is 127. The van der Waals surface area contributed by atoms with E-state index < -0.39 is 0 Å². The molecule has 0 aliphatic carbocycles. The minimum atomic E-state index is 0. The predicted octanol–water partition coefficient (Wildman–Crippen LogP) is 4.11. The summed E-state index contributed by atoms with van der Waals surface area (Å²) in [6.45, 7) is 5.41. The van der Waals surface area contributed by atoms with Gasteiger partial charge in [0.05, 0.1) is 13.2 Å². The third-order valence-electron chi connectivity index (χ3n) is 4.58. The van der Waals surface area contributed by atoms with Crippen molar-refractivity contribution >= 4 is 40.8 Å². The number of H-pyrrole nitrogens is 1. The van der Waals surface area contributed by atoms with E-state index in [1.807, 2.05) is 18.2 Å². The van der Waals surface area contributed by atoms with Crippen molar-refractivity contribution in [3.63, 3.8) is 0 Å². The van der Waals surface area contributed by atoms with Crippen molar-refractivity contribution in [2.24, 2.45) is 4.99 Å². The third-order valence-corrected chi connectivity index (χ3v) is 4.58. The van der Waals surface area contributed by atoms with Gasteiger partial charge in [-0.25, -0.2) is 4.99 Å². The van der Waals surface area contributed by atoms with E-state index in [1.165, 1.54) is 16.5 Å². The first kappa shape index (κ1) is 24.0. The molecular weight excluding hydrogens is 491 g/mol. The minimum Gasteiger partial charge on any atom is -0.491 e. The van der Waals surface area contributed by atoms with Gasteiger partial charge in [-0.3, -0.25) is 0 Å². The Morgan fingerprint density at radius 1 is 1.07 bits per heavy atom. The SMILES string of the molecule is CCNC(=NCc1cccc(OCCOC)c1)NCCc1c[nH]c2ccccc12.I. The summed E-state index contributed by atoms with van der Waals surface area (Å²) in [5.74, 6) is 1.66. The molecule has 2 aromatic carbocycles. The van der Waals surface area contributed by atoms with Crippen LogP contribution < -0.4 is 15.4 Å². The van der Waals surface area contributed by atoms with E-state index in [1.54, 1.807) is 7.11 Å². The fourth-order valence-corrected chi connectivity index (χ4v) is 3.14. The molecule has 0 amide bonds. The van der Waals surface area contributed by atoms with Gasteiger partial charge in [-0.2, -0.15) is 0 Å². The Labute approximate surface area is 195 Å². The second-order valence-corrected chi connectivity index (χ2v) is 6.72. The molecular formula is C23H31IN4O2. The van der Waals surface area contributed by atoms with Crippen LogP contribution in [0.5, 0.6) is 5.75 Å². The number of hydrogen-bond acceptors (Lipinski definition) is 3. The predicted molar refractivity (Wildman–Crippen MR) is 134 cm³/mol. The fraction of sp³-hybridized carbons (Fsp3) is 0.348. The Kier molecular flexibility index (Phi) is 10.5. The molecule has 3 aromatic rings. The molecule has 30 heavy (non-hydrogen) atoms. The molecule has 0 spiro atoms. The van der Waals surface area contributed by atoms with Crippen LogP contribution in [0.4, 0.5) is 0 Å². The Balaban J connectivity index is 0.00000320. The number of para-hydroxylation sites is 1. The van der Waals surface area contributed by atoms with Crippen LogP contribution in [0.1, 0.15) is 18.1 Å². The lowest BCUT2D eigenvalue weighted by atomic mass is 10.1. The normalized spacial score (nSPS) is 11.2. The second-order valence-electron chi connectivity index (χ2n) is 6.72. The van der Waals surface area contributed by atoms with Crippen LogP contribution in [-0.2, 0) is 17.7 Å². The zero-order valence-electron chi connectivity index (χ0n) is 17.6. The van der Waals surface area contributed by atoms with Gasteiger partial charge in [0, 0.05) is 37.3 Å². The number of aliphatic imine (C=N–C) groups is 1. The van der Waals surface area contributed by atoms with E-state index in [0.29, 0.717) is 19.8 Å². The number of ether oxygens (including phenoxy) is 2. The molecule has 3 rings (SSSR count). The second kappa shape index (κ2) is 13.1. The van der Waals surface area contributed by atoms with Gasteiger partial charge in [-0.15, -0.1) is 24.0 Å². The Morgan fingerprint density at radius 2 is 1.93 bits per heavy atom. The van der Waals surface area contributed by atoms with E-state index in [4.69, 9.17) is 14.5 Å². The fourth-order valence-electron chi connectivity index (χ4n) is 3.14. The monoisotopic (exact) mass is 522 g/mol. The molecule has 0 atom stereocenters. The number of hydrogen-bond donors (Lipinski definition) is 3. The first-order valence-electron chi connectivity index (χ1n) is 10.1. The highest BCUT2D eigenvalue weighted by Crippen LogP contribution is 2.17. The Morgan fingerprint density at radius 3 is 2.77 bits per heavy atom. The molecule has 0 unspecified atom stereocenters. The largest absolute Gasteiger partial charge is 0.491 e. The van der Waals surface area contributed by atoms with Crippen LogP contribution in [0.15, 0.2) is 59.7 Å². The Hall–Kier alpha value is -2.26. The molecule has 0 aliphatic heterocycles. The van der Waals surface area contributed by atoms with E-state index in [-0.39, 0.29) is 24.0 Å². The van der Waals surface area contributed by atoms with Gasteiger partial charge in [0.25, 0.3) is 0 Å². The van der Waals surface area contributed by atoms with E-state index >= 15 is 0 Å². The maximum Gasteiger partial charge on any atom is 0.191 e. The standard InChI is InChI=1S/C23H30N4O2.HI/c1-3-24-23(25-12-11-19-17-26-22-10-5-4-9-21(19)22)27-16-18-7-6-8-20(15-18)29-14-13-28-2;/h4-10,15,17,26H,3,11-14,16H2,1-2H3,(H2,24,25,27);1H.